The number of hydrogen-bond acceptors (Lipinski definition) is 6. The second-order valence-electron chi connectivity index (χ2n) is 8.34. The molecule has 5 rings (SSSR count). The second-order valence-corrected chi connectivity index (χ2v) is 10.3. The number of nitrogens with zero attached hydrogens (tertiary/aromatic N) is 5. The highest BCUT2D eigenvalue weighted by atomic mass is 32.2. The van der Waals surface area contributed by atoms with Crippen LogP contribution < -0.4 is 9.04 Å². The molecular formula is C25H25N5O4S. The van der Waals surface area contributed by atoms with Crippen molar-refractivity contribution in [1.29, 1.82) is 0 Å². The Morgan fingerprint density at radius 3 is 2.63 bits per heavy atom. The van der Waals surface area contributed by atoms with E-state index in [4.69, 9.17) is 4.74 Å². The number of rotatable bonds is 6. The van der Waals surface area contributed by atoms with E-state index in [-0.39, 0.29) is 16.8 Å². The maximum Gasteiger partial charge on any atom is 0.264 e. The summed E-state index contributed by atoms with van der Waals surface area (Å²) in [4.78, 5) is 15.3. The molecule has 1 aliphatic rings. The number of anilines is 1. The van der Waals surface area contributed by atoms with Crippen LogP contribution in [0.4, 0.5) is 5.69 Å². The summed E-state index contributed by atoms with van der Waals surface area (Å²) < 4.78 is 34.9. The number of fused-ring (bicyclic) bond motifs is 1. The molecule has 0 bridgehead atoms. The molecule has 2 aromatic heterocycles. The Morgan fingerprint density at radius 1 is 1.06 bits per heavy atom. The van der Waals surface area contributed by atoms with Crippen LogP contribution in [0, 0.1) is 0 Å². The number of pyridine rings is 1. The van der Waals surface area contributed by atoms with Crippen LogP contribution in [0.5, 0.6) is 5.75 Å². The summed E-state index contributed by atoms with van der Waals surface area (Å²) in [6.07, 6.45) is 3.48. The van der Waals surface area contributed by atoms with Gasteiger partial charge in [-0.3, -0.25) is 13.5 Å². The molecule has 0 radical (unpaired) electrons. The lowest BCUT2D eigenvalue weighted by molar-refractivity contribution is 0.0729. The number of sulfonamides is 1. The van der Waals surface area contributed by atoms with E-state index in [0.29, 0.717) is 29.4 Å². The fourth-order valence-corrected chi connectivity index (χ4v) is 5.65. The lowest BCUT2D eigenvalue weighted by Crippen LogP contribution is -2.32. The topological polar surface area (TPSA) is 97.1 Å². The first kappa shape index (κ1) is 22.9. The molecule has 0 aliphatic carbocycles. The number of amides is 1. The fourth-order valence-electron chi connectivity index (χ4n) is 4.41. The summed E-state index contributed by atoms with van der Waals surface area (Å²) in [5, 5.41) is 8.55. The van der Waals surface area contributed by atoms with Crippen molar-refractivity contribution in [2.45, 2.75) is 23.8 Å². The molecule has 35 heavy (non-hydrogen) atoms. The lowest BCUT2D eigenvalue weighted by atomic mass is 10.1. The van der Waals surface area contributed by atoms with Gasteiger partial charge in [-0.1, -0.05) is 12.1 Å². The van der Waals surface area contributed by atoms with Crippen LogP contribution in [0.3, 0.4) is 0 Å². The molecule has 1 fully saturated rings. The highest BCUT2D eigenvalue weighted by Crippen LogP contribution is 2.33. The first-order valence-corrected chi connectivity index (χ1v) is 12.7. The second kappa shape index (κ2) is 9.03. The molecule has 1 saturated heterocycles. The van der Waals surface area contributed by atoms with Gasteiger partial charge >= 0.3 is 0 Å². The van der Waals surface area contributed by atoms with E-state index in [9.17, 15) is 13.2 Å². The van der Waals surface area contributed by atoms with E-state index >= 15 is 0 Å². The van der Waals surface area contributed by atoms with Gasteiger partial charge in [-0.25, -0.2) is 8.42 Å². The molecule has 0 saturated carbocycles. The van der Waals surface area contributed by atoms with Crippen LogP contribution in [0.15, 0.2) is 77.8 Å². The van der Waals surface area contributed by atoms with Crippen molar-refractivity contribution >= 4 is 27.3 Å². The minimum Gasteiger partial charge on any atom is -0.497 e. The summed E-state index contributed by atoms with van der Waals surface area (Å²) in [5.41, 5.74) is 1.52. The molecule has 1 amide bonds. The van der Waals surface area contributed by atoms with Gasteiger partial charge in [0.2, 0.25) is 0 Å². The molecule has 1 aliphatic heterocycles. The molecule has 180 valence electrons. The SMILES string of the molecule is COc1ccc(N(C)S(=O)(=O)c2cccc(C(=O)N3CCC[C@@H]3c3nnc4ccccn34)c2)cc1. The van der Waals surface area contributed by atoms with Gasteiger partial charge in [0.15, 0.2) is 11.5 Å². The van der Waals surface area contributed by atoms with Crippen LogP contribution in [-0.4, -0.2) is 54.5 Å². The fraction of sp³-hybridized carbons (Fsp3) is 0.240. The zero-order valence-corrected chi connectivity index (χ0v) is 20.2. The van der Waals surface area contributed by atoms with E-state index in [1.807, 2.05) is 28.8 Å². The number of methoxy groups -OCH3 is 1. The van der Waals surface area contributed by atoms with Crippen LogP contribution in [0.2, 0.25) is 0 Å². The minimum atomic E-state index is -3.88. The molecule has 0 unspecified atom stereocenters. The summed E-state index contributed by atoms with van der Waals surface area (Å²) in [5.74, 6) is 1.10. The zero-order valence-electron chi connectivity index (χ0n) is 19.4. The third kappa shape index (κ3) is 4.10. The van der Waals surface area contributed by atoms with Crippen molar-refractivity contribution in [1.82, 2.24) is 19.5 Å². The standard InChI is InChI=1S/C25H25N5O4S/c1-28(19-11-13-20(34-2)14-12-19)35(32,33)21-8-5-7-18(17-21)25(31)29-16-6-9-22(29)24-27-26-23-10-3-4-15-30(23)24/h3-5,7-8,10-15,17,22H,6,9,16H2,1-2H3/t22-/m1/s1. The Kier molecular flexibility index (Phi) is 5.89. The Morgan fingerprint density at radius 2 is 1.86 bits per heavy atom. The zero-order chi connectivity index (χ0) is 24.6. The van der Waals surface area contributed by atoms with Crippen molar-refractivity contribution in [3.05, 3.63) is 84.3 Å². The van der Waals surface area contributed by atoms with E-state index < -0.39 is 10.0 Å². The molecule has 9 nitrogen and oxygen atoms in total. The first-order valence-electron chi connectivity index (χ1n) is 11.2. The monoisotopic (exact) mass is 491 g/mol. The van der Waals surface area contributed by atoms with Crippen LogP contribution in [-0.2, 0) is 10.0 Å². The number of hydrogen-bond donors (Lipinski definition) is 0. The molecule has 3 heterocycles. The van der Waals surface area contributed by atoms with Crippen molar-refractivity contribution in [3.8, 4) is 5.75 Å². The normalized spacial score (nSPS) is 15.9. The Balaban J connectivity index is 1.43. The maximum atomic E-state index is 13.5. The predicted octanol–water partition coefficient (Wildman–Crippen LogP) is 3.54. The molecular weight excluding hydrogens is 466 g/mol. The largest absolute Gasteiger partial charge is 0.497 e. The van der Waals surface area contributed by atoms with Crippen LogP contribution in [0.1, 0.15) is 35.1 Å². The molecule has 2 aromatic carbocycles. The summed E-state index contributed by atoms with van der Waals surface area (Å²) in [7, 11) is -0.847. The van der Waals surface area contributed by atoms with Gasteiger partial charge < -0.3 is 9.64 Å². The Bertz CT molecular complexity index is 1480. The van der Waals surface area contributed by atoms with Gasteiger partial charge in [-0.15, -0.1) is 10.2 Å². The molecule has 1 atom stereocenters. The number of likely N-dealkylation sites (tertiary alicyclic amines) is 1. The van der Waals surface area contributed by atoms with Gasteiger partial charge in [0.25, 0.3) is 15.9 Å². The van der Waals surface area contributed by atoms with Gasteiger partial charge in [0.05, 0.1) is 23.7 Å². The summed E-state index contributed by atoms with van der Waals surface area (Å²) >= 11 is 0. The van der Waals surface area contributed by atoms with Gasteiger partial charge in [0.1, 0.15) is 5.75 Å². The maximum absolute atomic E-state index is 13.5. The highest BCUT2D eigenvalue weighted by Gasteiger charge is 2.34. The smallest absolute Gasteiger partial charge is 0.264 e. The van der Waals surface area contributed by atoms with Crippen molar-refractivity contribution in [2.24, 2.45) is 0 Å². The van der Waals surface area contributed by atoms with Crippen LogP contribution >= 0.6 is 0 Å². The lowest BCUT2D eigenvalue weighted by Gasteiger charge is -2.24. The van der Waals surface area contributed by atoms with Crippen LogP contribution in [0.25, 0.3) is 5.65 Å². The summed E-state index contributed by atoms with van der Waals surface area (Å²) in [6.45, 7) is 0.563. The third-order valence-corrected chi connectivity index (χ3v) is 8.11. The number of carbonyl (C=O) groups is 1. The van der Waals surface area contributed by atoms with E-state index in [1.54, 1.807) is 48.4 Å². The van der Waals surface area contributed by atoms with Crippen molar-refractivity contribution < 1.29 is 17.9 Å². The average Bonchev–Trinajstić information content (AvgIpc) is 3.55. The van der Waals surface area contributed by atoms with Crippen molar-refractivity contribution in [3.63, 3.8) is 0 Å². The molecule has 4 aromatic rings. The Labute approximate surface area is 203 Å². The van der Waals surface area contributed by atoms with E-state index in [1.165, 1.54) is 23.5 Å². The van der Waals surface area contributed by atoms with Crippen molar-refractivity contribution in [2.75, 3.05) is 25.0 Å². The number of benzene rings is 2. The average molecular weight is 492 g/mol. The number of aromatic nitrogens is 3. The number of ether oxygens (including phenoxy) is 1. The minimum absolute atomic E-state index is 0.0466. The number of carbonyl (C=O) groups excluding carboxylic acids is 1. The van der Waals surface area contributed by atoms with Gasteiger partial charge in [-0.05, 0) is 67.4 Å². The summed E-state index contributed by atoms with van der Waals surface area (Å²) in [6, 6.07) is 18.3. The predicted molar refractivity (Wildman–Crippen MR) is 131 cm³/mol. The van der Waals surface area contributed by atoms with Gasteiger partial charge in [0, 0.05) is 25.4 Å². The molecule has 10 heteroatoms. The Hall–Kier alpha value is -3.92. The van der Waals surface area contributed by atoms with Gasteiger partial charge in [-0.2, -0.15) is 0 Å². The third-order valence-electron chi connectivity index (χ3n) is 6.33. The van der Waals surface area contributed by atoms with E-state index in [2.05, 4.69) is 10.2 Å². The molecule has 0 spiro atoms. The highest BCUT2D eigenvalue weighted by molar-refractivity contribution is 7.92. The van der Waals surface area contributed by atoms with E-state index in [0.717, 1.165) is 18.5 Å². The molecule has 0 N–H and O–H groups in total. The quantitative estimate of drug-likeness (QED) is 0.409. The first-order chi connectivity index (χ1) is 16.9.